The topological polar surface area (TPSA) is 105 Å². The van der Waals surface area contributed by atoms with E-state index in [1.54, 1.807) is 0 Å². The fourth-order valence-electron chi connectivity index (χ4n) is 4.16. The van der Waals surface area contributed by atoms with Gasteiger partial charge in [-0.05, 0) is 30.2 Å². The van der Waals surface area contributed by atoms with Crippen LogP contribution >= 0.6 is 0 Å². The van der Waals surface area contributed by atoms with E-state index in [0.29, 0.717) is 11.3 Å². The maximum absolute atomic E-state index is 15.0. The zero-order valence-corrected chi connectivity index (χ0v) is 19.1. The molecule has 5 rings (SSSR count). The number of hydrogen-bond acceptors (Lipinski definition) is 7. The van der Waals surface area contributed by atoms with Crippen LogP contribution in [0.1, 0.15) is 12.0 Å². The summed E-state index contributed by atoms with van der Waals surface area (Å²) in [5.74, 6) is -3.90. The first-order valence-electron chi connectivity index (χ1n) is 10.5. The van der Waals surface area contributed by atoms with Gasteiger partial charge in [-0.25, -0.2) is 21.6 Å². The molecule has 1 saturated heterocycles. The lowest BCUT2D eigenvalue weighted by molar-refractivity contribution is -0.118. The van der Waals surface area contributed by atoms with Gasteiger partial charge in [-0.1, -0.05) is 5.16 Å². The van der Waals surface area contributed by atoms with Crippen molar-refractivity contribution in [2.24, 2.45) is 0 Å². The number of hydrogen-bond donors (Lipinski definition) is 1. The number of carbonyl (C=O) groups is 1. The Hall–Kier alpha value is -3.74. The van der Waals surface area contributed by atoms with E-state index in [9.17, 15) is 26.4 Å². The van der Waals surface area contributed by atoms with Gasteiger partial charge in [0.25, 0.3) is 15.9 Å². The Morgan fingerprint density at radius 1 is 1.09 bits per heavy atom. The van der Waals surface area contributed by atoms with Crippen molar-refractivity contribution in [3.8, 4) is 5.75 Å². The molecular formula is C22H19F3N4O5S. The molecule has 1 fully saturated rings. The molecule has 1 amide bonds. The maximum Gasteiger partial charge on any atom is 0.282 e. The fraction of sp³-hybridized carbons (Fsp3) is 0.273. The predicted molar refractivity (Wildman–Crippen MR) is 119 cm³/mol. The molecule has 0 bridgehead atoms. The number of alkyl halides is 2. The second kappa shape index (κ2) is 8.18. The molecule has 9 nitrogen and oxygen atoms in total. The van der Waals surface area contributed by atoms with Gasteiger partial charge in [-0.3, -0.25) is 14.4 Å². The Bertz CT molecular complexity index is 1400. The summed E-state index contributed by atoms with van der Waals surface area (Å²) in [6.45, 7) is -1.23. The third-order valence-electron chi connectivity index (χ3n) is 5.81. The van der Waals surface area contributed by atoms with E-state index < -0.39 is 34.9 Å². The highest BCUT2D eigenvalue weighted by atomic mass is 32.2. The fourth-order valence-corrected chi connectivity index (χ4v) is 5.20. The number of sulfonamides is 1. The monoisotopic (exact) mass is 508 g/mol. The summed E-state index contributed by atoms with van der Waals surface area (Å²) in [5.41, 5.74) is 0.939. The van der Waals surface area contributed by atoms with Crippen molar-refractivity contribution in [3.63, 3.8) is 0 Å². The Morgan fingerprint density at radius 2 is 1.86 bits per heavy atom. The largest absolute Gasteiger partial charge is 0.494 e. The van der Waals surface area contributed by atoms with Crippen molar-refractivity contribution in [3.05, 3.63) is 54.0 Å². The van der Waals surface area contributed by atoms with Crippen molar-refractivity contribution < 1.29 is 35.6 Å². The number of rotatable bonds is 6. The van der Waals surface area contributed by atoms with Gasteiger partial charge >= 0.3 is 0 Å². The first-order chi connectivity index (χ1) is 16.6. The second-order valence-electron chi connectivity index (χ2n) is 8.20. The number of anilines is 4. The van der Waals surface area contributed by atoms with E-state index >= 15 is 0 Å². The smallest absolute Gasteiger partial charge is 0.282 e. The molecule has 0 saturated carbocycles. The number of nitrogens with zero attached hydrogens (tertiary/aromatic N) is 3. The average Bonchev–Trinajstić information content (AvgIpc) is 3.29. The van der Waals surface area contributed by atoms with Gasteiger partial charge in [0.1, 0.15) is 17.8 Å². The molecule has 0 spiro atoms. The summed E-state index contributed by atoms with van der Waals surface area (Å²) in [4.78, 5) is 15.3. The number of fused-ring (bicyclic) bond motifs is 1. The lowest BCUT2D eigenvalue weighted by Gasteiger charge is -2.41. The number of methoxy groups -OCH3 is 1. The van der Waals surface area contributed by atoms with Crippen LogP contribution in [0.4, 0.5) is 36.1 Å². The lowest BCUT2D eigenvalue weighted by atomic mass is 10.00. The molecule has 0 unspecified atom stereocenters. The number of halogens is 3. The maximum atomic E-state index is 15.0. The summed E-state index contributed by atoms with van der Waals surface area (Å²) in [6, 6.07) is 7.88. The summed E-state index contributed by atoms with van der Waals surface area (Å²) in [6.07, 6.45) is 1.53. The summed E-state index contributed by atoms with van der Waals surface area (Å²) in [7, 11) is -2.66. The first kappa shape index (κ1) is 23.0. The third kappa shape index (κ3) is 4.16. The van der Waals surface area contributed by atoms with Gasteiger partial charge in [0.05, 0.1) is 42.2 Å². The molecule has 2 aliphatic rings. The molecule has 2 aromatic carbocycles. The average molecular weight is 508 g/mol. The lowest BCUT2D eigenvalue weighted by Crippen LogP contribution is -2.56. The number of carbonyl (C=O) groups excluding carboxylic acids is 1. The minimum Gasteiger partial charge on any atom is -0.494 e. The standard InChI is InChI=1S/C22H19F3N4O5S/c1-33-19-10-17(28-11-22(24,25)12-28)15(23)9-18(19)29-16-4-3-14(8-13(16)2-5-21(29)30)35(31,32)27-20-6-7-34-26-20/h3-4,6-10H,2,5,11-12H2,1H3,(H,26,27). The molecule has 2 aliphatic heterocycles. The molecule has 3 aromatic rings. The number of aromatic nitrogens is 1. The molecule has 0 radical (unpaired) electrons. The van der Waals surface area contributed by atoms with Crippen molar-refractivity contribution in [2.45, 2.75) is 23.7 Å². The van der Waals surface area contributed by atoms with E-state index in [2.05, 4.69) is 14.4 Å². The van der Waals surface area contributed by atoms with Gasteiger partial charge in [-0.15, -0.1) is 0 Å². The number of amides is 1. The molecule has 3 heterocycles. The van der Waals surface area contributed by atoms with E-state index in [4.69, 9.17) is 4.74 Å². The Kier molecular flexibility index (Phi) is 5.38. The number of benzene rings is 2. The van der Waals surface area contributed by atoms with Crippen LogP contribution in [-0.2, 0) is 21.2 Å². The normalized spacial score (nSPS) is 17.1. The van der Waals surface area contributed by atoms with Crippen LogP contribution in [0.15, 0.2) is 52.1 Å². The van der Waals surface area contributed by atoms with Gasteiger partial charge in [0, 0.05) is 24.6 Å². The van der Waals surface area contributed by atoms with Gasteiger partial charge in [-0.2, -0.15) is 0 Å². The minimum atomic E-state index is -3.98. The van der Waals surface area contributed by atoms with E-state index in [-0.39, 0.29) is 46.6 Å². The van der Waals surface area contributed by atoms with Gasteiger partial charge in [0.2, 0.25) is 5.91 Å². The Morgan fingerprint density at radius 3 is 2.51 bits per heavy atom. The highest BCUT2D eigenvalue weighted by Gasteiger charge is 2.45. The van der Waals surface area contributed by atoms with Crippen molar-refractivity contribution in [2.75, 3.05) is 34.7 Å². The summed E-state index contributed by atoms with van der Waals surface area (Å²) >= 11 is 0. The zero-order valence-electron chi connectivity index (χ0n) is 18.3. The summed E-state index contributed by atoms with van der Waals surface area (Å²) < 4.78 is 79.3. The second-order valence-corrected chi connectivity index (χ2v) is 9.88. The molecule has 13 heteroatoms. The van der Waals surface area contributed by atoms with Gasteiger partial charge in [0.15, 0.2) is 5.82 Å². The van der Waals surface area contributed by atoms with Crippen molar-refractivity contribution in [1.82, 2.24) is 5.16 Å². The Balaban J connectivity index is 1.51. The van der Waals surface area contributed by atoms with Crippen LogP contribution in [0.25, 0.3) is 0 Å². The predicted octanol–water partition coefficient (Wildman–Crippen LogP) is 3.69. The molecule has 1 aromatic heterocycles. The molecular weight excluding hydrogens is 489 g/mol. The van der Waals surface area contributed by atoms with E-state index in [1.165, 1.54) is 53.5 Å². The van der Waals surface area contributed by atoms with Crippen molar-refractivity contribution >= 4 is 38.8 Å². The minimum absolute atomic E-state index is 0.0137. The molecule has 35 heavy (non-hydrogen) atoms. The third-order valence-corrected chi connectivity index (χ3v) is 7.16. The van der Waals surface area contributed by atoms with Gasteiger partial charge < -0.3 is 14.2 Å². The van der Waals surface area contributed by atoms with Crippen LogP contribution in [0.3, 0.4) is 0 Å². The number of ether oxygens (including phenoxy) is 1. The molecule has 1 N–H and O–H groups in total. The van der Waals surface area contributed by atoms with Crippen LogP contribution in [-0.4, -0.2) is 45.6 Å². The molecule has 0 atom stereocenters. The van der Waals surface area contributed by atoms with Crippen LogP contribution in [0.5, 0.6) is 5.75 Å². The molecule has 184 valence electrons. The van der Waals surface area contributed by atoms with Crippen LogP contribution in [0, 0.1) is 5.82 Å². The number of nitrogens with one attached hydrogen (secondary N) is 1. The van der Waals surface area contributed by atoms with E-state index in [1.807, 2.05) is 0 Å². The SMILES string of the molecule is COc1cc(N2CC(F)(F)C2)c(F)cc1N1C(=O)CCc2cc(S(=O)(=O)Nc3ccon3)ccc21. The zero-order chi connectivity index (χ0) is 25.0. The van der Waals surface area contributed by atoms with E-state index in [0.717, 1.165) is 6.07 Å². The van der Waals surface area contributed by atoms with Crippen LogP contribution in [0.2, 0.25) is 0 Å². The highest BCUT2D eigenvalue weighted by molar-refractivity contribution is 7.92. The quantitative estimate of drug-likeness (QED) is 0.542. The molecule has 0 aliphatic carbocycles. The Labute approximate surface area is 198 Å². The van der Waals surface area contributed by atoms with Crippen LogP contribution < -0.4 is 19.3 Å². The summed E-state index contributed by atoms with van der Waals surface area (Å²) in [5, 5.41) is 3.53. The van der Waals surface area contributed by atoms with Crippen molar-refractivity contribution in [1.29, 1.82) is 0 Å². The first-order valence-corrected chi connectivity index (χ1v) is 12.0. The highest BCUT2D eigenvalue weighted by Crippen LogP contribution is 2.44. The number of aryl methyl sites for hydroxylation is 1.